The smallest absolute Gasteiger partial charge is 0.338 e. The highest BCUT2D eigenvalue weighted by atomic mass is 16.5. The molecule has 0 saturated heterocycles. The number of carbonyl (C=O) groups excluding carboxylic acids is 3. The molecule has 30 heavy (non-hydrogen) atoms. The molecule has 0 fully saturated rings. The molecule has 0 aliphatic carbocycles. The third-order valence-corrected chi connectivity index (χ3v) is 4.17. The van der Waals surface area contributed by atoms with Crippen molar-refractivity contribution in [1.29, 1.82) is 0 Å². The van der Waals surface area contributed by atoms with Crippen molar-refractivity contribution in [3.63, 3.8) is 0 Å². The molecule has 2 amide bonds. The third-order valence-electron chi connectivity index (χ3n) is 4.17. The molecule has 2 aromatic carbocycles. The number of furan rings is 1. The number of carbonyl (C=O) groups is 3. The minimum atomic E-state index is -0.687. The number of anilines is 2. The van der Waals surface area contributed by atoms with Gasteiger partial charge in [0.05, 0.1) is 18.9 Å². The summed E-state index contributed by atoms with van der Waals surface area (Å²) in [5.74, 6) is -0.792. The van der Waals surface area contributed by atoms with Crippen LogP contribution in [0.2, 0.25) is 0 Å². The average Bonchev–Trinajstić information content (AvgIpc) is 3.29. The van der Waals surface area contributed by atoms with E-state index < -0.39 is 24.4 Å². The van der Waals surface area contributed by atoms with Crippen molar-refractivity contribution >= 4 is 29.2 Å². The number of nitrogens with one attached hydrogen (secondary N) is 2. The van der Waals surface area contributed by atoms with E-state index in [9.17, 15) is 14.4 Å². The van der Waals surface area contributed by atoms with Crippen molar-refractivity contribution in [2.24, 2.45) is 0 Å². The summed E-state index contributed by atoms with van der Waals surface area (Å²) in [6.45, 7) is 1.34. The second-order valence-corrected chi connectivity index (χ2v) is 6.31. The molecule has 0 atom stereocenters. The number of aryl methyl sites for hydroxylation is 1. The van der Waals surface area contributed by atoms with Crippen LogP contribution in [-0.2, 0) is 9.53 Å². The Kier molecular flexibility index (Phi) is 6.49. The van der Waals surface area contributed by atoms with E-state index in [0.717, 1.165) is 5.56 Å². The van der Waals surface area contributed by atoms with Crippen LogP contribution in [-0.4, -0.2) is 31.5 Å². The zero-order chi connectivity index (χ0) is 21.5. The molecule has 1 aromatic heterocycles. The summed E-state index contributed by atoms with van der Waals surface area (Å²) < 4.78 is 15.2. The summed E-state index contributed by atoms with van der Waals surface area (Å²) in [6, 6.07) is 14.6. The Morgan fingerprint density at radius 1 is 1.00 bits per heavy atom. The van der Waals surface area contributed by atoms with Crippen molar-refractivity contribution < 1.29 is 28.3 Å². The zero-order valence-electron chi connectivity index (χ0n) is 16.4. The number of benzene rings is 2. The fourth-order valence-corrected chi connectivity index (χ4v) is 2.56. The van der Waals surface area contributed by atoms with E-state index in [1.54, 1.807) is 56.5 Å². The highest BCUT2D eigenvalue weighted by molar-refractivity contribution is 6.03. The first kappa shape index (κ1) is 20.7. The van der Waals surface area contributed by atoms with Crippen LogP contribution in [0.4, 0.5) is 11.4 Å². The molecule has 8 nitrogen and oxygen atoms in total. The summed E-state index contributed by atoms with van der Waals surface area (Å²) in [4.78, 5) is 36.5. The topological polar surface area (TPSA) is 107 Å². The molecule has 3 aromatic rings. The van der Waals surface area contributed by atoms with Gasteiger partial charge >= 0.3 is 5.97 Å². The Morgan fingerprint density at radius 2 is 1.77 bits per heavy atom. The molecule has 0 aliphatic rings. The van der Waals surface area contributed by atoms with Gasteiger partial charge in [0.25, 0.3) is 11.8 Å². The Labute approximate surface area is 172 Å². The van der Waals surface area contributed by atoms with E-state index >= 15 is 0 Å². The first-order valence-electron chi connectivity index (χ1n) is 9.03. The molecule has 154 valence electrons. The Bertz CT molecular complexity index is 1040. The summed E-state index contributed by atoms with van der Waals surface area (Å²) >= 11 is 0. The van der Waals surface area contributed by atoms with Gasteiger partial charge in [-0.15, -0.1) is 0 Å². The van der Waals surface area contributed by atoms with Gasteiger partial charge in [0.1, 0.15) is 5.75 Å². The molecule has 0 radical (unpaired) electrons. The van der Waals surface area contributed by atoms with E-state index in [4.69, 9.17) is 13.9 Å². The number of esters is 1. The summed E-state index contributed by atoms with van der Waals surface area (Å²) in [5, 5.41) is 5.31. The molecule has 0 spiro atoms. The lowest BCUT2D eigenvalue weighted by molar-refractivity contribution is -0.119. The van der Waals surface area contributed by atoms with Gasteiger partial charge in [-0.1, -0.05) is 6.07 Å². The molecule has 3 rings (SSSR count). The van der Waals surface area contributed by atoms with Crippen molar-refractivity contribution in [2.75, 3.05) is 24.4 Å². The van der Waals surface area contributed by atoms with Gasteiger partial charge in [-0.05, 0) is 61.0 Å². The van der Waals surface area contributed by atoms with Gasteiger partial charge < -0.3 is 24.5 Å². The van der Waals surface area contributed by atoms with Crippen molar-refractivity contribution in [1.82, 2.24) is 0 Å². The predicted molar refractivity (Wildman–Crippen MR) is 110 cm³/mol. The first-order valence-corrected chi connectivity index (χ1v) is 9.03. The fourth-order valence-electron chi connectivity index (χ4n) is 2.56. The molecule has 0 bridgehead atoms. The highest BCUT2D eigenvalue weighted by Crippen LogP contribution is 2.19. The molecule has 2 N–H and O–H groups in total. The monoisotopic (exact) mass is 408 g/mol. The predicted octanol–water partition coefficient (Wildman–Crippen LogP) is 3.64. The lowest BCUT2D eigenvalue weighted by atomic mass is 10.1. The Morgan fingerprint density at radius 3 is 2.43 bits per heavy atom. The van der Waals surface area contributed by atoms with Gasteiger partial charge in [0.15, 0.2) is 12.4 Å². The van der Waals surface area contributed by atoms with Gasteiger partial charge in [-0.3, -0.25) is 9.59 Å². The lowest BCUT2D eigenvalue weighted by Crippen LogP contribution is -2.21. The average molecular weight is 408 g/mol. The number of amides is 2. The van der Waals surface area contributed by atoms with Crippen LogP contribution in [0.5, 0.6) is 5.75 Å². The van der Waals surface area contributed by atoms with Crippen LogP contribution in [0.15, 0.2) is 65.3 Å². The number of methoxy groups -OCH3 is 1. The highest BCUT2D eigenvalue weighted by Gasteiger charge is 2.15. The van der Waals surface area contributed by atoms with Crippen LogP contribution >= 0.6 is 0 Å². The van der Waals surface area contributed by atoms with E-state index in [1.807, 2.05) is 0 Å². The van der Waals surface area contributed by atoms with Gasteiger partial charge in [0.2, 0.25) is 0 Å². The third kappa shape index (κ3) is 5.26. The molecule has 0 aliphatic heterocycles. The SMILES string of the molecule is COc1ccc(NC(=O)COC(=O)c2ccc(C)c(NC(=O)c3ccco3)c2)cc1. The van der Waals surface area contributed by atoms with E-state index in [0.29, 0.717) is 17.1 Å². The van der Waals surface area contributed by atoms with E-state index in [1.165, 1.54) is 18.4 Å². The van der Waals surface area contributed by atoms with Crippen molar-refractivity contribution in [3.8, 4) is 5.75 Å². The van der Waals surface area contributed by atoms with Crippen LogP contribution in [0.3, 0.4) is 0 Å². The van der Waals surface area contributed by atoms with Gasteiger partial charge in [-0.25, -0.2) is 4.79 Å². The quantitative estimate of drug-likeness (QED) is 0.578. The molecule has 0 saturated carbocycles. The van der Waals surface area contributed by atoms with Crippen LogP contribution in [0.25, 0.3) is 0 Å². The minimum absolute atomic E-state index is 0.151. The zero-order valence-corrected chi connectivity index (χ0v) is 16.4. The largest absolute Gasteiger partial charge is 0.497 e. The molecular formula is C22H20N2O6. The number of hydrogen-bond donors (Lipinski definition) is 2. The standard InChI is InChI=1S/C22H20N2O6/c1-14-5-6-15(12-18(14)24-21(26)19-4-3-11-29-19)22(27)30-13-20(25)23-16-7-9-17(28-2)10-8-16/h3-12H,13H2,1-2H3,(H,23,25)(H,24,26). The van der Waals surface area contributed by atoms with E-state index in [-0.39, 0.29) is 11.3 Å². The Hall–Kier alpha value is -4.07. The van der Waals surface area contributed by atoms with Crippen molar-refractivity contribution in [3.05, 3.63) is 77.7 Å². The molecule has 8 heteroatoms. The van der Waals surface area contributed by atoms with Crippen LogP contribution in [0, 0.1) is 6.92 Å². The second-order valence-electron chi connectivity index (χ2n) is 6.31. The second kappa shape index (κ2) is 9.42. The normalized spacial score (nSPS) is 10.2. The van der Waals surface area contributed by atoms with Crippen LogP contribution in [0.1, 0.15) is 26.5 Å². The Balaban J connectivity index is 1.58. The number of hydrogen-bond acceptors (Lipinski definition) is 6. The van der Waals surface area contributed by atoms with Crippen molar-refractivity contribution in [2.45, 2.75) is 6.92 Å². The summed E-state index contributed by atoms with van der Waals surface area (Å²) in [6.07, 6.45) is 1.40. The maximum absolute atomic E-state index is 12.3. The summed E-state index contributed by atoms with van der Waals surface area (Å²) in [7, 11) is 1.55. The van der Waals surface area contributed by atoms with Gasteiger partial charge in [0, 0.05) is 11.4 Å². The number of ether oxygens (including phenoxy) is 2. The molecule has 1 heterocycles. The number of rotatable bonds is 7. The maximum atomic E-state index is 12.3. The summed E-state index contributed by atoms with van der Waals surface area (Å²) in [5.41, 5.74) is 1.94. The molecular weight excluding hydrogens is 388 g/mol. The lowest BCUT2D eigenvalue weighted by Gasteiger charge is -2.10. The van der Waals surface area contributed by atoms with Gasteiger partial charge in [-0.2, -0.15) is 0 Å². The maximum Gasteiger partial charge on any atom is 0.338 e. The van der Waals surface area contributed by atoms with E-state index in [2.05, 4.69) is 10.6 Å². The van der Waals surface area contributed by atoms with Crippen LogP contribution < -0.4 is 15.4 Å². The minimum Gasteiger partial charge on any atom is -0.497 e. The molecule has 0 unspecified atom stereocenters. The fraction of sp³-hybridized carbons (Fsp3) is 0.136. The first-order chi connectivity index (χ1) is 14.5.